The van der Waals surface area contributed by atoms with E-state index in [0.29, 0.717) is 16.4 Å². The highest BCUT2D eigenvalue weighted by Gasteiger charge is 2.16. The van der Waals surface area contributed by atoms with Gasteiger partial charge in [0.05, 0.1) is 10.2 Å². The fourth-order valence-corrected chi connectivity index (χ4v) is 3.84. The fourth-order valence-electron chi connectivity index (χ4n) is 2.80. The quantitative estimate of drug-likeness (QED) is 0.254. The van der Waals surface area contributed by atoms with Gasteiger partial charge in [-0.25, -0.2) is 0 Å². The molecular formula is C23H20ClN3O4S. The average Bonchev–Trinajstić information content (AvgIpc) is 2.77. The maximum Gasteiger partial charge on any atom is 0.270 e. The van der Waals surface area contributed by atoms with Crippen LogP contribution >= 0.6 is 23.4 Å². The number of carbonyl (C=O) groups is 2. The van der Waals surface area contributed by atoms with Crippen molar-refractivity contribution in [1.29, 1.82) is 0 Å². The third-order valence-electron chi connectivity index (χ3n) is 4.57. The molecule has 2 N–H and O–H groups in total. The van der Waals surface area contributed by atoms with Gasteiger partial charge in [-0.05, 0) is 61.9 Å². The molecule has 3 aromatic carbocycles. The summed E-state index contributed by atoms with van der Waals surface area (Å²) in [7, 11) is 0. The molecule has 0 saturated carbocycles. The van der Waals surface area contributed by atoms with Gasteiger partial charge in [0.15, 0.2) is 0 Å². The second kappa shape index (κ2) is 10.3. The first-order valence-corrected chi connectivity index (χ1v) is 10.9. The Bertz CT molecular complexity index is 1170. The lowest BCUT2D eigenvalue weighted by Crippen LogP contribution is -2.22. The Morgan fingerprint density at radius 1 is 1.03 bits per heavy atom. The van der Waals surface area contributed by atoms with E-state index in [1.807, 2.05) is 13.0 Å². The highest BCUT2D eigenvalue weighted by molar-refractivity contribution is 8.00. The van der Waals surface area contributed by atoms with Crippen LogP contribution in [0, 0.1) is 17.0 Å². The number of nitrogens with one attached hydrogen (secondary N) is 2. The monoisotopic (exact) mass is 469 g/mol. The van der Waals surface area contributed by atoms with Crippen LogP contribution in [0.25, 0.3) is 0 Å². The molecule has 0 bridgehead atoms. The summed E-state index contributed by atoms with van der Waals surface area (Å²) < 4.78 is 0. The summed E-state index contributed by atoms with van der Waals surface area (Å²) in [6.07, 6.45) is 0. The van der Waals surface area contributed by atoms with Crippen molar-refractivity contribution in [2.24, 2.45) is 0 Å². The predicted octanol–water partition coefficient (Wildman–Crippen LogP) is 5.93. The normalized spacial score (nSPS) is 11.5. The van der Waals surface area contributed by atoms with Crippen molar-refractivity contribution in [1.82, 2.24) is 0 Å². The number of hydrogen-bond acceptors (Lipinski definition) is 5. The lowest BCUT2D eigenvalue weighted by molar-refractivity contribution is -0.384. The molecule has 2 amide bonds. The van der Waals surface area contributed by atoms with Gasteiger partial charge in [-0.3, -0.25) is 19.7 Å². The number of amides is 2. The number of nitro groups is 1. The number of benzene rings is 3. The summed E-state index contributed by atoms with van der Waals surface area (Å²) in [5, 5.41) is 16.7. The first kappa shape index (κ1) is 23.3. The molecule has 0 radical (unpaired) electrons. The molecule has 1 atom stereocenters. The molecule has 3 rings (SSSR count). The number of anilines is 2. The Hall–Kier alpha value is -3.36. The highest BCUT2D eigenvalue weighted by Crippen LogP contribution is 2.27. The molecule has 0 saturated heterocycles. The molecule has 0 aromatic heterocycles. The van der Waals surface area contributed by atoms with Crippen LogP contribution in [0.5, 0.6) is 0 Å². The topological polar surface area (TPSA) is 101 Å². The number of rotatable bonds is 7. The standard InChI is InChI=1S/C23H20ClN3O4S/c1-14-6-7-17(24)13-21(14)26-22(28)15(2)32-20-10-8-18(9-11-20)25-23(29)16-4-3-5-19(12-16)27(30)31/h3-13,15H,1-2H3,(H,25,29)(H,26,28). The van der Waals surface area contributed by atoms with Gasteiger partial charge in [0.1, 0.15) is 0 Å². The molecular weight excluding hydrogens is 450 g/mol. The number of halogens is 1. The molecule has 0 fully saturated rings. The molecule has 0 aliphatic heterocycles. The molecule has 0 aliphatic carbocycles. The van der Waals surface area contributed by atoms with Crippen molar-refractivity contribution >= 4 is 52.2 Å². The summed E-state index contributed by atoms with van der Waals surface area (Å²) >= 11 is 7.38. The van der Waals surface area contributed by atoms with Gasteiger partial charge in [-0.1, -0.05) is 23.7 Å². The molecule has 1 unspecified atom stereocenters. The number of carbonyl (C=O) groups excluding carboxylic acids is 2. The van der Waals surface area contributed by atoms with Gasteiger partial charge in [0.25, 0.3) is 11.6 Å². The Morgan fingerprint density at radius 2 is 1.75 bits per heavy atom. The minimum atomic E-state index is -0.548. The van der Waals surface area contributed by atoms with Crippen LogP contribution in [-0.4, -0.2) is 22.0 Å². The zero-order valence-corrected chi connectivity index (χ0v) is 18.9. The first-order valence-electron chi connectivity index (χ1n) is 9.62. The van der Waals surface area contributed by atoms with Crippen molar-refractivity contribution < 1.29 is 14.5 Å². The van der Waals surface area contributed by atoms with E-state index in [1.165, 1.54) is 36.0 Å². The van der Waals surface area contributed by atoms with Crippen LogP contribution < -0.4 is 10.6 Å². The fraction of sp³-hybridized carbons (Fsp3) is 0.130. The van der Waals surface area contributed by atoms with Gasteiger partial charge in [0.2, 0.25) is 5.91 Å². The molecule has 9 heteroatoms. The molecule has 7 nitrogen and oxygen atoms in total. The van der Waals surface area contributed by atoms with Crippen molar-refractivity contribution in [3.05, 3.63) is 93.0 Å². The number of non-ortho nitro benzene ring substituents is 1. The summed E-state index contributed by atoms with van der Waals surface area (Å²) in [4.78, 5) is 36.1. The molecule has 164 valence electrons. The van der Waals surface area contributed by atoms with E-state index in [9.17, 15) is 19.7 Å². The molecule has 0 heterocycles. The lowest BCUT2D eigenvalue weighted by atomic mass is 10.2. The number of hydrogen-bond donors (Lipinski definition) is 2. The molecule has 0 spiro atoms. The van der Waals surface area contributed by atoms with E-state index < -0.39 is 10.8 Å². The van der Waals surface area contributed by atoms with E-state index in [4.69, 9.17) is 11.6 Å². The molecule has 32 heavy (non-hydrogen) atoms. The third kappa shape index (κ3) is 6.09. The van der Waals surface area contributed by atoms with Crippen molar-refractivity contribution in [2.75, 3.05) is 10.6 Å². The third-order valence-corrected chi connectivity index (χ3v) is 5.92. The maximum absolute atomic E-state index is 12.5. The number of thioether (sulfide) groups is 1. The second-order valence-corrected chi connectivity index (χ2v) is 8.85. The maximum atomic E-state index is 12.5. The van der Waals surface area contributed by atoms with Crippen LogP contribution in [0.4, 0.5) is 17.1 Å². The number of nitrogens with zero attached hydrogens (tertiary/aromatic N) is 1. The van der Waals surface area contributed by atoms with Gasteiger partial charge in [-0.15, -0.1) is 11.8 Å². The Labute approximate surface area is 194 Å². The SMILES string of the molecule is Cc1ccc(Cl)cc1NC(=O)C(C)Sc1ccc(NC(=O)c2cccc([N+](=O)[O-])c2)cc1. The van der Waals surface area contributed by atoms with Gasteiger partial charge in [-0.2, -0.15) is 0 Å². The van der Waals surface area contributed by atoms with Crippen molar-refractivity contribution in [3.8, 4) is 0 Å². The Balaban J connectivity index is 1.59. The van der Waals surface area contributed by atoms with Crippen LogP contribution in [-0.2, 0) is 4.79 Å². The lowest BCUT2D eigenvalue weighted by Gasteiger charge is -2.14. The summed E-state index contributed by atoms with van der Waals surface area (Å²) in [6.45, 7) is 3.70. The average molecular weight is 470 g/mol. The van der Waals surface area contributed by atoms with E-state index in [-0.39, 0.29) is 22.4 Å². The van der Waals surface area contributed by atoms with E-state index in [1.54, 1.807) is 43.3 Å². The smallest absolute Gasteiger partial charge is 0.270 e. The highest BCUT2D eigenvalue weighted by atomic mass is 35.5. The molecule has 0 aliphatic rings. The van der Waals surface area contributed by atoms with Crippen LogP contribution in [0.1, 0.15) is 22.8 Å². The zero-order chi connectivity index (χ0) is 23.3. The predicted molar refractivity (Wildman–Crippen MR) is 128 cm³/mol. The largest absolute Gasteiger partial charge is 0.325 e. The van der Waals surface area contributed by atoms with Crippen molar-refractivity contribution in [2.45, 2.75) is 24.0 Å². The van der Waals surface area contributed by atoms with Crippen molar-refractivity contribution in [3.63, 3.8) is 0 Å². The van der Waals surface area contributed by atoms with Gasteiger partial charge < -0.3 is 10.6 Å². The minimum Gasteiger partial charge on any atom is -0.325 e. The van der Waals surface area contributed by atoms with Crippen LogP contribution in [0.2, 0.25) is 5.02 Å². The first-order chi connectivity index (χ1) is 15.2. The summed E-state index contributed by atoms with van der Waals surface area (Å²) in [5.41, 5.74) is 2.18. The molecule has 3 aromatic rings. The number of aryl methyl sites for hydroxylation is 1. The van der Waals surface area contributed by atoms with E-state index in [2.05, 4.69) is 10.6 Å². The summed E-state index contributed by atoms with van der Waals surface area (Å²) in [6, 6.07) is 17.9. The van der Waals surface area contributed by atoms with Gasteiger partial charge in [0, 0.05) is 39.0 Å². The van der Waals surface area contributed by atoms with Crippen LogP contribution in [0.15, 0.2) is 71.6 Å². The Kier molecular flexibility index (Phi) is 7.50. The van der Waals surface area contributed by atoms with Gasteiger partial charge >= 0.3 is 0 Å². The zero-order valence-electron chi connectivity index (χ0n) is 17.3. The van der Waals surface area contributed by atoms with Crippen LogP contribution in [0.3, 0.4) is 0 Å². The Morgan fingerprint density at radius 3 is 2.44 bits per heavy atom. The number of nitro benzene ring substituents is 1. The van der Waals surface area contributed by atoms with E-state index >= 15 is 0 Å². The van der Waals surface area contributed by atoms with E-state index in [0.717, 1.165) is 10.5 Å². The second-order valence-electron chi connectivity index (χ2n) is 6.99. The minimum absolute atomic E-state index is 0.148. The summed E-state index contributed by atoms with van der Waals surface area (Å²) in [5.74, 6) is -0.595.